The summed E-state index contributed by atoms with van der Waals surface area (Å²) in [5, 5.41) is 32.0. The van der Waals surface area contributed by atoms with Gasteiger partial charge in [0.25, 0.3) is 56.2 Å². The summed E-state index contributed by atoms with van der Waals surface area (Å²) in [6.07, 6.45) is 2.61. The number of halogens is 3. The SMILES string of the molecule is Clc1ccnc(Cl)n1.NCCCN1CCOCC1.Nc1cccc(S(=O)(=O)Nc2ccccc2)c1.Nc1ccccc1.O=[N+]([O-])c1cccc(S(=O)(=O)Cl)c1.O=[N+]([O-])c1cccc(S(=O)(=O)Nc2ccccc2)c1.O=[N+]([O-])c1cccc(S(=O)(=O)Nc2ccccc2)c1. The van der Waals surface area contributed by atoms with Gasteiger partial charge in [0.1, 0.15) is 5.15 Å². The summed E-state index contributed by atoms with van der Waals surface area (Å²) in [5.74, 6) is 0. The Bertz CT molecular complexity index is 4160. The van der Waals surface area contributed by atoms with Gasteiger partial charge in [-0.15, -0.1) is 0 Å². The lowest BCUT2D eigenvalue weighted by molar-refractivity contribution is -0.385. The Hall–Kier alpha value is -9.41. The third-order valence-electron chi connectivity index (χ3n) is 11.4. The fourth-order valence-corrected chi connectivity index (χ4v) is 11.5. The number of nitrogens with two attached hydrogens (primary N) is 3. The summed E-state index contributed by atoms with van der Waals surface area (Å²) in [4.78, 5) is 38.7. The van der Waals surface area contributed by atoms with Crippen molar-refractivity contribution in [3.63, 3.8) is 0 Å². The highest BCUT2D eigenvalue weighted by molar-refractivity contribution is 8.13. The number of hydrogen-bond donors (Lipinski definition) is 6. The van der Waals surface area contributed by atoms with E-state index in [9.17, 15) is 64.0 Å². The first-order chi connectivity index (χ1) is 44.1. The molecule has 1 aromatic heterocycles. The molecule has 34 heteroatoms. The molecular formula is C59H61Cl3N12O15S4. The van der Waals surface area contributed by atoms with Crippen molar-refractivity contribution in [2.75, 3.05) is 65.0 Å². The molecule has 0 radical (unpaired) electrons. The minimum Gasteiger partial charge on any atom is -0.399 e. The number of nitrogen functional groups attached to an aromatic ring is 2. The van der Waals surface area contributed by atoms with Crippen LogP contribution in [0.2, 0.25) is 10.4 Å². The van der Waals surface area contributed by atoms with E-state index < -0.39 is 53.9 Å². The molecule has 8 aromatic carbocycles. The van der Waals surface area contributed by atoms with Crippen LogP contribution in [0.1, 0.15) is 6.42 Å². The highest BCUT2D eigenvalue weighted by atomic mass is 35.7. The van der Waals surface area contributed by atoms with Crippen LogP contribution < -0.4 is 31.4 Å². The molecule has 0 bridgehead atoms. The second-order valence-corrected chi connectivity index (χ2v) is 26.7. The molecule has 0 unspecified atom stereocenters. The van der Waals surface area contributed by atoms with Crippen LogP contribution in [0.5, 0.6) is 0 Å². The number of anilines is 5. The molecule has 0 saturated carbocycles. The minimum atomic E-state index is -3.89. The van der Waals surface area contributed by atoms with Gasteiger partial charge in [0.05, 0.1) is 47.6 Å². The van der Waals surface area contributed by atoms with Gasteiger partial charge in [-0.3, -0.25) is 49.4 Å². The Labute approximate surface area is 551 Å². The molecule has 492 valence electrons. The van der Waals surface area contributed by atoms with Crippen LogP contribution in [0.4, 0.5) is 45.5 Å². The number of non-ortho nitro benzene ring substituents is 3. The number of morpholine rings is 1. The molecule has 0 spiro atoms. The van der Waals surface area contributed by atoms with E-state index in [0.29, 0.717) is 27.9 Å². The Balaban J connectivity index is 0.000000237. The molecule has 9 aromatic rings. The molecule has 1 aliphatic heterocycles. The maximum Gasteiger partial charge on any atom is 0.270 e. The summed E-state index contributed by atoms with van der Waals surface area (Å²) in [6, 6.07) is 56.9. The van der Waals surface area contributed by atoms with Crippen LogP contribution >= 0.6 is 33.9 Å². The van der Waals surface area contributed by atoms with Gasteiger partial charge in [-0.1, -0.05) is 109 Å². The number of benzene rings is 8. The maximum atomic E-state index is 12.0. The van der Waals surface area contributed by atoms with E-state index in [1.807, 2.05) is 36.4 Å². The van der Waals surface area contributed by atoms with E-state index in [-0.39, 0.29) is 41.9 Å². The largest absolute Gasteiger partial charge is 0.399 e. The minimum absolute atomic E-state index is 0.148. The van der Waals surface area contributed by atoms with Gasteiger partial charge in [-0.25, -0.2) is 43.6 Å². The summed E-state index contributed by atoms with van der Waals surface area (Å²) >= 11 is 10.7. The molecule has 2 heterocycles. The van der Waals surface area contributed by atoms with Gasteiger partial charge < -0.3 is 21.9 Å². The van der Waals surface area contributed by atoms with Crippen molar-refractivity contribution in [2.24, 2.45) is 5.73 Å². The molecule has 10 rings (SSSR count). The van der Waals surface area contributed by atoms with Crippen molar-refractivity contribution in [2.45, 2.75) is 26.0 Å². The quantitative estimate of drug-likeness (QED) is 0.0131. The average molecular weight is 1410 g/mol. The maximum absolute atomic E-state index is 12.0. The Morgan fingerprint density at radius 2 is 0.817 bits per heavy atom. The first-order valence-electron chi connectivity index (χ1n) is 26.8. The Morgan fingerprint density at radius 3 is 1.13 bits per heavy atom. The standard InChI is InChI=1S/2C12H10N2O4S.C12H12N2O2S.C7H16N2O.C6H4ClNO4S.C6H7N.C4H2Cl2N2/c2*15-14(16)11-7-4-8-12(9-11)19(17,18)13-10-5-2-1-3-6-10;13-10-5-4-8-12(9-10)17(15,16)14-11-6-2-1-3-7-11;8-2-1-3-9-4-6-10-7-5-9;7-13(11,12)6-3-1-2-5(4-6)8(9)10;7-6-4-2-1-3-5-6;5-3-1-2-7-4(6)8-3/h2*1-9,13H;1-9,14H,13H2;1-8H2;1-4H;1-5H,7H2;1-2H. The van der Waals surface area contributed by atoms with Gasteiger partial charge in [0, 0.05) is 94.8 Å². The van der Waals surface area contributed by atoms with Gasteiger partial charge in [-0.05, 0) is 122 Å². The lowest BCUT2D eigenvalue weighted by Crippen LogP contribution is -2.37. The number of hydrogen-bond acceptors (Lipinski definition) is 21. The second-order valence-electron chi connectivity index (χ2n) is 18.3. The fraction of sp³-hybridized carbons (Fsp3) is 0.119. The second kappa shape index (κ2) is 38.4. The van der Waals surface area contributed by atoms with Gasteiger partial charge in [-0.2, -0.15) is 0 Å². The molecule has 1 fully saturated rings. The number of nitrogens with one attached hydrogen (secondary N) is 3. The van der Waals surface area contributed by atoms with Crippen LogP contribution in [-0.4, -0.2) is 103 Å². The number of ether oxygens (including phenoxy) is 1. The Kier molecular flexibility index (Phi) is 31.4. The van der Waals surface area contributed by atoms with Crippen molar-refractivity contribution in [3.05, 3.63) is 271 Å². The molecule has 9 N–H and O–H groups in total. The number of nitro groups is 3. The first-order valence-corrected chi connectivity index (χ1v) is 34.3. The predicted molar refractivity (Wildman–Crippen MR) is 359 cm³/mol. The lowest BCUT2D eigenvalue weighted by Gasteiger charge is -2.26. The smallest absolute Gasteiger partial charge is 0.270 e. The number of para-hydroxylation sites is 4. The third kappa shape index (κ3) is 29.2. The van der Waals surface area contributed by atoms with E-state index in [2.05, 4.69) is 29.0 Å². The zero-order valence-electron chi connectivity index (χ0n) is 48.7. The molecule has 93 heavy (non-hydrogen) atoms. The number of rotatable bonds is 16. The third-order valence-corrected chi connectivity index (χ3v) is 17.3. The molecule has 0 aliphatic carbocycles. The van der Waals surface area contributed by atoms with Crippen LogP contribution in [0, 0.1) is 30.3 Å². The number of aromatic nitrogens is 2. The normalized spacial score (nSPS) is 11.8. The van der Waals surface area contributed by atoms with Gasteiger partial charge >= 0.3 is 0 Å². The topological polar surface area (TPSA) is 418 Å². The van der Waals surface area contributed by atoms with E-state index in [4.69, 9.17) is 55.8 Å². The monoisotopic (exact) mass is 1410 g/mol. The summed E-state index contributed by atoms with van der Waals surface area (Å²) in [7, 11) is -10.1. The van der Waals surface area contributed by atoms with Crippen molar-refractivity contribution < 1.29 is 53.2 Å². The lowest BCUT2D eigenvalue weighted by atomic mass is 10.3. The number of nitro benzene ring substituents is 3. The van der Waals surface area contributed by atoms with Crippen molar-refractivity contribution in [3.8, 4) is 0 Å². The Morgan fingerprint density at radius 1 is 0.473 bits per heavy atom. The predicted octanol–water partition coefficient (Wildman–Crippen LogP) is 11.1. The first kappa shape index (κ1) is 76.0. The molecule has 27 nitrogen and oxygen atoms in total. The van der Waals surface area contributed by atoms with E-state index >= 15 is 0 Å². The van der Waals surface area contributed by atoms with Crippen molar-refractivity contribution in [1.29, 1.82) is 0 Å². The molecule has 1 saturated heterocycles. The average Bonchev–Trinajstić information content (AvgIpc) is 1.06. The van der Waals surface area contributed by atoms with Crippen molar-refractivity contribution in [1.82, 2.24) is 14.9 Å². The number of sulfonamides is 3. The van der Waals surface area contributed by atoms with E-state index in [0.717, 1.165) is 69.7 Å². The molecule has 0 atom stereocenters. The van der Waals surface area contributed by atoms with Gasteiger partial charge in [0.2, 0.25) is 5.28 Å². The van der Waals surface area contributed by atoms with E-state index in [1.54, 1.807) is 103 Å². The summed E-state index contributed by atoms with van der Waals surface area (Å²) in [5.41, 5.74) is 18.0. The number of nitrogens with zero attached hydrogens (tertiary/aromatic N) is 6. The van der Waals surface area contributed by atoms with Crippen LogP contribution in [0.15, 0.2) is 250 Å². The zero-order valence-corrected chi connectivity index (χ0v) is 54.2. The summed E-state index contributed by atoms with van der Waals surface area (Å²) < 4.78 is 106. The van der Waals surface area contributed by atoms with Crippen LogP contribution in [-0.2, 0) is 43.9 Å². The van der Waals surface area contributed by atoms with E-state index in [1.165, 1.54) is 72.9 Å². The fourth-order valence-electron chi connectivity index (χ4n) is 7.03. The molecule has 0 amide bonds. The highest BCUT2D eigenvalue weighted by Crippen LogP contribution is 2.24. The zero-order chi connectivity index (χ0) is 68.5. The van der Waals surface area contributed by atoms with Gasteiger partial charge in [0.15, 0.2) is 0 Å². The highest BCUT2D eigenvalue weighted by Gasteiger charge is 2.20. The summed E-state index contributed by atoms with van der Waals surface area (Å²) in [6.45, 7) is 5.90. The molecule has 1 aliphatic rings. The molecular weight excluding hydrogens is 1350 g/mol. The van der Waals surface area contributed by atoms with Crippen LogP contribution in [0.25, 0.3) is 0 Å². The van der Waals surface area contributed by atoms with Crippen LogP contribution in [0.3, 0.4) is 0 Å². The van der Waals surface area contributed by atoms with Crippen molar-refractivity contribution >= 4 is 119 Å².